The number of halogens is 3. The van der Waals surface area contributed by atoms with Crippen molar-refractivity contribution in [1.82, 2.24) is 14.7 Å². The van der Waals surface area contributed by atoms with Gasteiger partial charge in [-0.3, -0.25) is 4.79 Å². The first-order valence-corrected chi connectivity index (χ1v) is 10.3. The molecule has 3 atom stereocenters. The zero-order valence-electron chi connectivity index (χ0n) is 16.7. The fraction of sp³-hybridized carbons (Fsp3) is 0.800. The zero-order chi connectivity index (χ0) is 20.3. The highest BCUT2D eigenvalue weighted by atomic mass is 19.4. The van der Waals surface area contributed by atoms with Crippen molar-refractivity contribution in [2.24, 2.45) is 11.3 Å². The van der Waals surface area contributed by atoms with Crippen molar-refractivity contribution in [3.05, 3.63) is 11.8 Å². The molecule has 1 aliphatic carbocycles. The second-order valence-electron chi connectivity index (χ2n) is 9.57. The van der Waals surface area contributed by atoms with Gasteiger partial charge in [-0.2, -0.15) is 18.3 Å². The molecule has 0 radical (unpaired) electrons. The SMILES string of the molecule is CC(C)(C)[C@@H]1C[C@H](C(F)(F)F)n2nc(C3CCCCN3C(=O)C3CC3)cc2N1. The number of hydrogen-bond donors (Lipinski definition) is 1. The Morgan fingerprint density at radius 1 is 1.18 bits per heavy atom. The van der Waals surface area contributed by atoms with Crippen molar-refractivity contribution >= 4 is 11.7 Å². The number of fused-ring (bicyclic) bond motifs is 1. The Kier molecular flexibility index (Phi) is 4.66. The molecule has 1 aromatic heterocycles. The van der Waals surface area contributed by atoms with Gasteiger partial charge < -0.3 is 10.2 Å². The third-order valence-corrected chi connectivity index (χ3v) is 6.31. The molecule has 1 saturated carbocycles. The van der Waals surface area contributed by atoms with Crippen LogP contribution in [0, 0.1) is 11.3 Å². The molecule has 1 aromatic rings. The number of amides is 1. The summed E-state index contributed by atoms with van der Waals surface area (Å²) in [7, 11) is 0. The molecule has 3 heterocycles. The molecule has 1 saturated heterocycles. The minimum atomic E-state index is -4.36. The van der Waals surface area contributed by atoms with Crippen molar-refractivity contribution in [1.29, 1.82) is 0 Å². The van der Waals surface area contributed by atoms with E-state index in [9.17, 15) is 18.0 Å². The van der Waals surface area contributed by atoms with Crippen LogP contribution >= 0.6 is 0 Å². The second kappa shape index (κ2) is 6.66. The third kappa shape index (κ3) is 3.62. The average molecular weight is 398 g/mol. The van der Waals surface area contributed by atoms with Crippen molar-refractivity contribution in [2.45, 2.75) is 83.6 Å². The molecule has 1 N–H and O–H groups in total. The normalized spacial score (nSPS) is 28.6. The average Bonchev–Trinajstić information content (AvgIpc) is 3.37. The number of piperidine rings is 1. The van der Waals surface area contributed by atoms with Crippen LogP contribution in [0.3, 0.4) is 0 Å². The summed E-state index contributed by atoms with van der Waals surface area (Å²) in [5.41, 5.74) is 0.276. The van der Waals surface area contributed by atoms with Gasteiger partial charge >= 0.3 is 6.18 Å². The van der Waals surface area contributed by atoms with E-state index in [0.29, 0.717) is 18.1 Å². The van der Waals surface area contributed by atoms with Crippen LogP contribution < -0.4 is 5.32 Å². The lowest BCUT2D eigenvalue weighted by atomic mass is 9.82. The van der Waals surface area contributed by atoms with Crippen LogP contribution in [0.5, 0.6) is 0 Å². The molecular weight excluding hydrogens is 369 g/mol. The third-order valence-electron chi connectivity index (χ3n) is 6.31. The number of aromatic nitrogens is 2. The van der Waals surface area contributed by atoms with Gasteiger partial charge in [0, 0.05) is 24.6 Å². The summed E-state index contributed by atoms with van der Waals surface area (Å²) in [4.78, 5) is 14.6. The topological polar surface area (TPSA) is 50.2 Å². The lowest BCUT2D eigenvalue weighted by Crippen LogP contribution is -2.44. The molecule has 0 bridgehead atoms. The number of anilines is 1. The largest absolute Gasteiger partial charge is 0.410 e. The van der Waals surface area contributed by atoms with Crippen molar-refractivity contribution in [3.63, 3.8) is 0 Å². The predicted octanol–water partition coefficient (Wildman–Crippen LogP) is 4.68. The molecule has 1 amide bonds. The van der Waals surface area contributed by atoms with E-state index in [2.05, 4.69) is 10.4 Å². The fourth-order valence-corrected chi connectivity index (χ4v) is 4.39. The van der Waals surface area contributed by atoms with Crippen molar-refractivity contribution < 1.29 is 18.0 Å². The maximum atomic E-state index is 13.8. The van der Waals surface area contributed by atoms with Gasteiger partial charge in [0.2, 0.25) is 5.91 Å². The van der Waals surface area contributed by atoms with Gasteiger partial charge in [0.25, 0.3) is 0 Å². The van der Waals surface area contributed by atoms with E-state index in [-0.39, 0.29) is 35.7 Å². The Balaban J connectivity index is 1.67. The van der Waals surface area contributed by atoms with Gasteiger partial charge in [-0.1, -0.05) is 20.8 Å². The lowest BCUT2D eigenvalue weighted by molar-refractivity contribution is -0.175. The Bertz CT molecular complexity index is 748. The summed E-state index contributed by atoms with van der Waals surface area (Å²) in [6, 6.07) is -0.423. The van der Waals surface area contributed by atoms with Gasteiger partial charge in [-0.25, -0.2) is 4.68 Å². The molecule has 4 rings (SSSR count). The maximum absolute atomic E-state index is 13.8. The molecule has 2 aliphatic heterocycles. The van der Waals surface area contributed by atoms with Crippen molar-refractivity contribution in [3.8, 4) is 0 Å². The zero-order valence-corrected chi connectivity index (χ0v) is 16.7. The second-order valence-corrected chi connectivity index (χ2v) is 9.57. The van der Waals surface area contributed by atoms with Crippen LogP contribution in [0.25, 0.3) is 0 Å². The van der Waals surface area contributed by atoms with Crippen LogP contribution in [0.4, 0.5) is 19.0 Å². The predicted molar refractivity (Wildman–Crippen MR) is 99.8 cm³/mol. The molecule has 8 heteroatoms. The highest BCUT2D eigenvalue weighted by Gasteiger charge is 2.49. The Labute approximate surface area is 163 Å². The Hall–Kier alpha value is -1.73. The van der Waals surface area contributed by atoms with E-state index in [1.807, 2.05) is 25.7 Å². The number of carbonyl (C=O) groups excluding carboxylic acids is 1. The Morgan fingerprint density at radius 2 is 1.89 bits per heavy atom. The summed E-state index contributed by atoms with van der Waals surface area (Å²) in [5, 5.41) is 7.67. The number of alkyl halides is 3. The first kappa shape index (κ1) is 19.6. The number of hydrogen-bond acceptors (Lipinski definition) is 3. The molecule has 5 nitrogen and oxygen atoms in total. The highest BCUT2D eigenvalue weighted by Crippen LogP contribution is 2.45. The van der Waals surface area contributed by atoms with E-state index in [1.165, 1.54) is 0 Å². The van der Waals surface area contributed by atoms with Gasteiger partial charge in [-0.05, 0) is 43.9 Å². The summed E-state index contributed by atoms with van der Waals surface area (Å²) in [6.45, 7) is 6.51. The summed E-state index contributed by atoms with van der Waals surface area (Å²) >= 11 is 0. The lowest BCUT2D eigenvalue weighted by Gasteiger charge is -2.39. The van der Waals surface area contributed by atoms with E-state index < -0.39 is 12.2 Å². The van der Waals surface area contributed by atoms with E-state index in [0.717, 1.165) is 36.8 Å². The van der Waals surface area contributed by atoms with E-state index in [4.69, 9.17) is 0 Å². The minimum absolute atomic E-state index is 0.0451. The molecule has 0 aromatic carbocycles. The number of rotatable bonds is 2. The first-order valence-electron chi connectivity index (χ1n) is 10.3. The molecule has 3 aliphatic rings. The van der Waals surface area contributed by atoms with Crippen LogP contribution in [0.2, 0.25) is 0 Å². The van der Waals surface area contributed by atoms with E-state index >= 15 is 0 Å². The van der Waals surface area contributed by atoms with Crippen LogP contribution in [-0.2, 0) is 4.79 Å². The quantitative estimate of drug-likeness (QED) is 0.787. The van der Waals surface area contributed by atoms with Gasteiger partial charge in [0.1, 0.15) is 5.82 Å². The molecule has 2 fully saturated rings. The monoisotopic (exact) mass is 398 g/mol. The molecule has 156 valence electrons. The van der Waals surface area contributed by atoms with Gasteiger partial charge in [0.15, 0.2) is 6.04 Å². The summed E-state index contributed by atoms with van der Waals surface area (Å²) < 4.78 is 42.5. The first-order chi connectivity index (χ1) is 13.1. The van der Waals surface area contributed by atoms with Gasteiger partial charge in [0.05, 0.1) is 11.7 Å². The minimum Gasteiger partial charge on any atom is -0.367 e. The number of nitrogens with one attached hydrogen (secondary N) is 1. The standard InChI is InChI=1S/C20H29F3N4O/c1-19(2,3)15-11-16(20(21,22)23)27-17(24-15)10-13(25-27)14-6-4-5-9-26(14)18(28)12-7-8-12/h10,12,14-16,24H,4-9,11H2,1-3H3/t14?,15-,16+/m0/s1. The highest BCUT2D eigenvalue weighted by molar-refractivity contribution is 5.81. The maximum Gasteiger partial charge on any atom is 0.410 e. The van der Waals surface area contributed by atoms with Crippen molar-refractivity contribution in [2.75, 3.05) is 11.9 Å². The van der Waals surface area contributed by atoms with Crippen LogP contribution in [0.1, 0.15) is 77.1 Å². The molecular formula is C20H29F3N4O. The summed E-state index contributed by atoms with van der Waals surface area (Å²) in [5.74, 6) is 0.653. The van der Waals surface area contributed by atoms with E-state index in [1.54, 1.807) is 6.07 Å². The number of likely N-dealkylation sites (tertiary alicyclic amines) is 1. The number of nitrogens with zero attached hydrogens (tertiary/aromatic N) is 3. The number of carbonyl (C=O) groups is 1. The van der Waals surface area contributed by atoms with Crippen LogP contribution in [0.15, 0.2) is 6.07 Å². The summed E-state index contributed by atoms with van der Waals surface area (Å²) in [6.07, 6.45) is 0.101. The van der Waals surface area contributed by atoms with Gasteiger partial charge in [-0.15, -0.1) is 0 Å². The molecule has 28 heavy (non-hydrogen) atoms. The smallest absolute Gasteiger partial charge is 0.367 e. The van der Waals surface area contributed by atoms with Crippen LogP contribution in [-0.4, -0.2) is 39.4 Å². The molecule has 0 spiro atoms. The Morgan fingerprint density at radius 3 is 2.50 bits per heavy atom. The molecule has 1 unspecified atom stereocenters. The fourth-order valence-electron chi connectivity index (χ4n) is 4.39.